The zero-order valence-electron chi connectivity index (χ0n) is 11.6. The SMILES string of the molecule is CC1=NN(C(=O)c2ccccc2)[C@@](O)(c2ccncc2)C1. The van der Waals surface area contributed by atoms with Gasteiger partial charge in [-0.25, -0.2) is 0 Å². The average molecular weight is 281 g/mol. The Morgan fingerprint density at radius 1 is 1.19 bits per heavy atom. The molecule has 1 aromatic heterocycles. The van der Waals surface area contributed by atoms with E-state index in [1.165, 1.54) is 0 Å². The van der Waals surface area contributed by atoms with Crippen LogP contribution in [0.15, 0.2) is 60.0 Å². The van der Waals surface area contributed by atoms with Gasteiger partial charge in [-0.2, -0.15) is 10.1 Å². The van der Waals surface area contributed by atoms with E-state index >= 15 is 0 Å². The third-order valence-corrected chi connectivity index (χ3v) is 3.48. The van der Waals surface area contributed by atoms with E-state index in [0.29, 0.717) is 16.8 Å². The molecule has 0 bridgehead atoms. The number of pyridine rings is 1. The molecule has 3 rings (SSSR count). The predicted molar refractivity (Wildman–Crippen MR) is 78.5 cm³/mol. The minimum atomic E-state index is -1.46. The lowest BCUT2D eigenvalue weighted by atomic mass is 9.98. The summed E-state index contributed by atoms with van der Waals surface area (Å²) >= 11 is 0. The van der Waals surface area contributed by atoms with Gasteiger partial charge in [-0.15, -0.1) is 0 Å². The molecular weight excluding hydrogens is 266 g/mol. The number of benzene rings is 1. The van der Waals surface area contributed by atoms with Crippen molar-refractivity contribution in [2.45, 2.75) is 19.1 Å². The van der Waals surface area contributed by atoms with Gasteiger partial charge in [0.2, 0.25) is 0 Å². The highest BCUT2D eigenvalue weighted by Crippen LogP contribution is 2.35. The minimum absolute atomic E-state index is 0.287. The van der Waals surface area contributed by atoms with Crippen molar-refractivity contribution < 1.29 is 9.90 Å². The maximum absolute atomic E-state index is 12.6. The topological polar surface area (TPSA) is 65.8 Å². The van der Waals surface area contributed by atoms with Crippen LogP contribution < -0.4 is 0 Å². The second-order valence-corrected chi connectivity index (χ2v) is 5.05. The molecule has 0 fully saturated rings. The average Bonchev–Trinajstić information content (AvgIpc) is 2.84. The van der Waals surface area contributed by atoms with Gasteiger partial charge in [0, 0.05) is 35.7 Å². The van der Waals surface area contributed by atoms with Gasteiger partial charge >= 0.3 is 0 Å². The third-order valence-electron chi connectivity index (χ3n) is 3.48. The van der Waals surface area contributed by atoms with E-state index in [9.17, 15) is 9.90 Å². The number of hydrazone groups is 1. The van der Waals surface area contributed by atoms with Crippen LogP contribution in [-0.2, 0) is 5.72 Å². The van der Waals surface area contributed by atoms with Crippen LogP contribution in [0, 0.1) is 0 Å². The summed E-state index contributed by atoms with van der Waals surface area (Å²) in [6.07, 6.45) is 3.47. The largest absolute Gasteiger partial charge is 0.365 e. The van der Waals surface area contributed by atoms with Gasteiger partial charge in [0.1, 0.15) is 0 Å². The van der Waals surface area contributed by atoms with Crippen molar-refractivity contribution >= 4 is 11.6 Å². The van der Waals surface area contributed by atoms with Crippen LogP contribution in [0.4, 0.5) is 0 Å². The fourth-order valence-corrected chi connectivity index (χ4v) is 2.48. The molecule has 0 aliphatic carbocycles. The highest BCUT2D eigenvalue weighted by Gasteiger charge is 2.45. The number of rotatable bonds is 2. The molecule has 1 aromatic carbocycles. The van der Waals surface area contributed by atoms with Crippen molar-refractivity contribution in [2.24, 2.45) is 5.10 Å². The van der Waals surface area contributed by atoms with Crippen LogP contribution in [0.5, 0.6) is 0 Å². The molecule has 106 valence electrons. The molecule has 0 saturated carbocycles. The molecule has 2 aromatic rings. The van der Waals surface area contributed by atoms with Gasteiger partial charge in [-0.05, 0) is 31.2 Å². The van der Waals surface area contributed by atoms with Crippen molar-refractivity contribution in [3.63, 3.8) is 0 Å². The fourth-order valence-electron chi connectivity index (χ4n) is 2.48. The number of aromatic nitrogens is 1. The Bertz CT molecular complexity index is 685. The Morgan fingerprint density at radius 2 is 1.86 bits per heavy atom. The Hall–Kier alpha value is -2.53. The number of carbonyl (C=O) groups excluding carboxylic acids is 1. The first kappa shape index (κ1) is 13.5. The Labute approximate surface area is 122 Å². The van der Waals surface area contributed by atoms with Gasteiger partial charge in [0.15, 0.2) is 5.72 Å². The van der Waals surface area contributed by atoms with Crippen molar-refractivity contribution in [2.75, 3.05) is 0 Å². The molecule has 0 radical (unpaired) electrons. The van der Waals surface area contributed by atoms with Crippen LogP contribution in [0.3, 0.4) is 0 Å². The number of hydrogen-bond acceptors (Lipinski definition) is 4. The van der Waals surface area contributed by atoms with Gasteiger partial charge in [0.05, 0.1) is 0 Å². The zero-order chi connectivity index (χ0) is 14.9. The summed E-state index contributed by atoms with van der Waals surface area (Å²) in [4.78, 5) is 16.6. The molecule has 1 aliphatic heterocycles. The maximum Gasteiger partial charge on any atom is 0.276 e. The van der Waals surface area contributed by atoms with E-state index in [2.05, 4.69) is 10.1 Å². The van der Waals surface area contributed by atoms with Crippen LogP contribution in [-0.4, -0.2) is 26.7 Å². The monoisotopic (exact) mass is 281 g/mol. The number of nitrogens with zero attached hydrogens (tertiary/aromatic N) is 3. The summed E-state index contributed by atoms with van der Waals surface area (Å²) in [6, 6.07) is 12.2. The van der Waals surface area contributed by atoms with Crippen molar-refractivity contribution in [1.29, 1.82) is 0 Å². The summed E-state index contributed by atoms with van der Waals surface area (Å²) in [5.41, 5.74) is 0.337. The van der Waals surface area contributed by atoms with Gasteiger partial charge < -0.3 is 5.11 Å². The van der Waals surface area contributed by atoms with E-state index in [4.69, 9.17) is 0 Å². The molecule has 2 heterocycles. The fraction of sp³-hybridized carbons (Fsp3) is 0.188. The lowest BCUT2D eigenvalue weighted by molar-refractivity contribution is -0.0765. The Morgan fingerprint density at radius 3 is 2.52 bits per heavy atom. The first-order valence-corrected chi connectivity index (χ1v) is 6.68. The summed E-state index contributed by atoms with van der Waals surface area (Å²) in [5, 5.41) is 16.4. The molecular formula is C16H15N3O2. The van der Waals surface area contributed by atoms with Crippen LogP contribution in [0.25, 0.3) is 0 Å². The van der Waals surface area contributed by atoms with Crippen molar-refractivity contribution in [3.8, 4) is 0 Å². The molecule has 0 saturated heterocycles. The van der Waals surface area contributed by atoms with E-state index in [0.717, 1.165) is 5.01 Å². The second kappa shape index (κ2) is 5.10. The number of hydrogen-bond donors (Lipinski definition) is 1. The van der Waals surface area contributed by atoms with Crippen LogP contribution in [0.2, 0.25) is 0 Å². The quantitative estimate of drug-likeness (QED) is 0.917. The molecule has 1 N–H and O–H groups in total. The lowest BCUT2D eigenvalue weighted by Gasteiger charge is -2.31. The smallest absolute Gasteiger partial charge is 0.276 e. The molecule has 1 atom stereocenters. The van der Waals surface area contributed by atoms with E-state index in [-0.39, 0.29) is 12.3 Å². The highest BCUT2D eigenvalue weighted by atomic mass is 16.3. The maximum atomic E-state index is 12.6. The predicted octanol–water partition coefficient (Wildman–Crippen LogP) is 2.15. The zero-order valence-corrected chi connectivity index (χ0v) is 11.6. The summed E-state index contributed by atoms with van der Waals surface area (Å²) in [5.74, 6) is -0.327. The molecule has 0 unspecified atom stereocenters. The van der Waals surface area contributed by atoms with E-state index in [1.807, 2.05) is 6.07 Å². The molecule has 5 nitrogen and oxygen atoms in total. The number of aliphatic hydroxyl groups is 1. The number of amides is 1. The normalized spacial score (nSPS) is 21.2. The molecule has 1 aliphatic rings. The molecule has 5 heteroatoms. The van der Waals surface area contributed by atoms with Crippen LogP contribution >= 0.6 is 0 Å². The second-order valence-electron chi connectivity index (χ2n) is 5.05. The van der Waals surface area contributed by atoms with E-state index < -0.39 is 5.72 Å². The van der Waals surface area contributed by atoms with Crippen molar-refractivity contribution in [3.05, 3.63) is 66.0 Å². The summed E-state index contributed by atoms with van der Waals surface area (Å²) < 4.78 is 0. The first-order chi connectivity index (χ1) is 10.1. The lowest BCUT2D eigenvalue weighted by Crippen LogP contribution is -2.43. The highest BCUT2D eigenvalue weighted by molar-refractivity contribution is 5.97. The van der Waals surface area contributed by atoms with Crippen LogP contribution in [0.1, 0.15) is 29.3 Å². The minimum Gasteiger partial charge on any atom is -0.365 e. The molecule has 21 heavy (non-hydrogen) atoms. The van der Waals surface area contributed by atoms with Gasteiger partial charge in [0.25, 0.3) is 5.91 Å². The summed E-state index contributed by atoms with van der Waals surface area (Å²) in [6.45, 7) is 1.80. The third kappa shape index (κ3) is 2.32. The standard InChI is InChI=1S/C16H15N3O2/c1-12-11-16(21,14-7-9-17-10-8-14)19(18-12)15(20)13-5-3-2-4-6-13/h2-10,21H,11H2,1H3/t16-/m0/s1. The molecule has 0 spiro atoms. The Balaban J connectivity index is 2.01. The van der Waals surface area contributed by atoms with E-state index in [1.54, 1.807) is 55.7 Å². The van der Waals surface area contributed by atoms with Gasteiger partial charge in [-0.3, -0.25) is 9.78 Å². The molecule has 1 amide bonds. The summed E-state index contributed by atoms with van der Waals surface area (Å²) in [7, 11) is 0. The number of carbonyl (C=O) groups is 1. The Kier molecular flexibility index (Phi) is 3.27. The first-order valence-electron chi connectivity index (χ1n) is 6.68. The van der Waals surface area contributed by atoms with Crippen molar-refractivity contribution in [1.82, 2.24) is 9.99 Å². The van der Waals surface area contributed by atoms with Gasteiger partial charge in [-0.1, -0.05) is 18.2 Å².